The van der Waals surface area contributed by atoms with Crippen LogP contribution >= 0.6 is 35.6 Å². The van der Waals surface area contributed by atoms with Gasteiger partial charge >= 0.3 is 0 Å². The number of thiophene rings is 1. The first-order valence-corrected chi connectivity index (χ1v) is 5.76. The van der Waals surface area contributed by atoms with Crippen molar-refractivity contribution in [3.05, 3.63) is 28.1 Å². The van der Waals surface area contributed by atoms with Crippen molar-refractivity contribution in [2.45, 2.75) is 18.2 Å². The van der Waals surface area contributed by atoms with E-state index in [-0.39, 0.29) is 0 Å². The van der Waals surface area contributed by atoms with E-state index in [1.807, 2.05) is 12.1 Å². The van der Waals surface area contributed by atoms with Crippen molar-refractivity contribution in [3.8, 4) is 0 Å². The zero-order valence-corrected chi connectivity index (χ0v) is 9.64. The highest BCUT2D eigenvalue weighted by atomic mass is 35.5. The molecule has 13 heavy (non-hydrogen) atoms. The topological polar surface area (TPSA) is 0 Å². The number of halogens is 1. The summed E-state index contributed by atoms with van der Waals surface area (Å²) in [5, 5.41) is 2.07. The van der Waals surface area contributed by atoms with Gasteiger partial charge in [0, 0.05) is 19.9 Å². The second-order valence-corrected chi connectivity index (χ2v) is 4.90. The molecule has 0 aliphatic heterocycles. The quantitative estimate of drug-likeness (QED) is 0.687. The molecule has 0 spiro atoms. The third-order valence-corrected chi connectivity index (χ3v) is 4.12. The maximum atomic E-state index is 6.20. The van der Waals surface area contributed by atoms with Crippen molar-refractivity contribution in [2.24, 2.45) is 0 Å². The predicted molar refractivity (Wildman–Crippen MR) is 63.5 cm³/mol. The van der Waals surface area contributed by atoms with Crippen LogP contribution in [0.3, 0.4) is 0 Å². The lowest BCUT2D eigenvalue weighted by Gasteiger charge is -1.91. The van der Waals surface area contributed by atoms with Crippen molar-refractivity contribution in [2.75, 3.05) is 0 Å². The largest absolute Gasteiger partial charge is 0.143 e. The van der Waals surface area contributed by atoms with Crippen molar-refractivity contribution in [1.82, 2.24) is 0 Å². The molecule has 0 amide bonds. The molecule has 3 heteroatoms. The van der Waals surface area contributed by atoms with E-state index in [4.69, 9.17) is 11.6 Å². The number of rotatable bonds is 1. The van der Waals surface area contributed by atoms with Gasteiger partial charge in [-0.15, -0.1) is 24.0 Å². The lowest BCUT2D eigenvalue weighted by atomic mass is 10.2. The Kier molecular flexibility index (Phi) is 2.54. The third-order valence-electron chi connectivity index (χ3n) is 2.00. The van der Waals surface area contributed by atoms with Crippen molar-refractivity contribution >= 4 is 45.7 Å². The number of hydrogen-bond donors (Lipinski definition) is 1. The van der Waals surface area contributed by atoms with Gasteiger partial charge in [-0.1, -0.05) is 24.6 Å². The van der Waals surface area contributed by atoms with Crippen LogP contribution in [-0.4, -0.2) is 0 Å². The molecule has 2 rings (SSSR count). The van der Waals surface area contributed by atoms with Crippen molar-refractivity contribution < 1.29 is 0 Å². The zero-order valence-electron chi connectivity index (χ0n) is 7.17. The Morgan fingerprint density at radius 3 is 2.92 bits per heavy atom. The molecule has 0 N–H and O–H groups in total. The molecule has 0 saturated heterocycles. The molecule has 0 unspecified atom stereocenters. The molecular weight excluding hydrogens is 220 g/mol. The summed E-state index contributed by atoms with van der Waals surface area (Å²) in [7, 11) is 0. The van der Waals surface area contributed by atoms with Crippen molar-refractivity contribution in [3.63, 3.8) is 0 Å². The number of benzene rings is 1. The van der Waals surface area contributed by atoms with Gasteiger partial charge in [0.1, 0.15) is 0 Å². The molecule has 1 aromatic carbocycles. The number of aryl methyl sites for hydroxylation is 1. The minimum absolute atomic E-state index is 0.913. The fourth-order valence-electron chi connectivity index (χ4n) is 1.33. The standard InChI is InChI=1S/C10H9ClS2/c1-2-8-10(11)7-4-3-6(12)5-9(7)13-8/h3-5,12H,2H2,1H3. The maximum absolute atomic E-state index is 6.20. The van der Waals surface area contributed by atoms with Crippen LogP contribution in [0.25, 0.3) is 10.1 Å². The van der Waals surface area contributed by atoms with Gasteiger partial charge in [-0.25, -0.2) is 0 Å². The number of thiol groups is 1. The van der Waals surface area contributed by atoms with Gasteiger partial charge in [0.05, 0.1) is 5.02 Å². The van der Waals surface area contributed by atoms with Crippen LogP contribution in [-0.2, 0) is 6.42 Å². The summed E-state index contributed by atoms with van der Waals surface area (Å²) in [5.41, 5.74) is 0. The Labute approximate surface area is 91.9 Å². The minimum atomic E-state index is 0.913. The van der Waals surface area contributed by atoms with Crippen molar-refractivity contribution in [1.29, 1.82) is 0 Å². The van der Waals surface area contributed by atoms with Crippen LogP contribution in [0, 0.1) is 0 Å². The summed E-state index contributed by atoms with van der Waals surface area (Å²) in [6.07, 6.45) is 1.00. The van der Waals surface area contributed by atoms with E-state index in [0.29, 0.717) is 0 Å². The second kappa shape index (κ2) is 3.52. The highest BCUT2D eigenvalue weighted by Gasteiger charge is 2.07. The van der Waals surface area contributed by atoms with Gasteiger partial charge in [-0.3, -0.25) is 0 Å². The molecule has 0 atom stereocenters. The minimum Gasteiger partial charge on any atom is -0.143 e. The van der Waals surface area contributed by atoms with E-state index in [1.165, 1.54) is 9.58 Å². The summed E-state index contributed by atoms with van der Waals surface area (Å²) in [6, 6.07) is 6.08. The van der Waals surface area contributed by atoms with Crippen LogP contribution in [0.2, 0.25) is 5.02 Å². The Hall–Kier alpha value is -0.180. The Morgan fingerprint density at radius 2 is 2.23 bits per heavy atom. The smallest absolute Gasteiger partial charge is 0.0623 e. The van der Waals surface area contributed by atoms with E-state index >= 15 is 0 Å². The highest BCUT2D eigenvalue weighted by molar-refractivity contribution is 7.80. The summed E-state index contributed by atoms with van der Waals surface area (Å²) in [6.45, 7) is 2.12. The molecule has 0 fully saturated rings. The fraction of sp³-hybridized carbons (Fsp3) is 0.200. The van der Waals surface area contributed by atoms with Crippen LogP contribution in [0.4, 0.5) is 0 Å². The first-order chi connectivity index (χ1) is 6.22. The lowest BCUT2D eigenvalue weighted by Crippen LogP contribution is -1.70. The first kappa shape index (κ1) is 9.38. The average Bonchev–Trinajstić information content (AvgIpc) is 2.42. The van der Waals surface area contributed by atoms with E-state index in [0.717, 1.165) is 21.7 Å². The molecular formula is C10H9ClS2. The van der Waals surface area contributed by atoms with E-state index in [9.17, 15) is 0 Å². The van der Waals surface area contributed by atoms with Gasteiger partial charge in [-0.2, -0.15) is 0 Å². The Morgan fingerprint density at radius 1 is 1.46 bits per heavy atom. The summed E-state index contributed by atoms with van der Waals surface area (Å²) in [5.74, 6) is 0. The number of fused-ring (bicyclic) bond motifs is 1. The molecule has 0 nitrogen and oxygen atoms in total. The summed E-state index contributed by atoms with van der Waals surface area (Å²) in [4.78, 5) is 2.25. The van der Waals surface area contributed by atoms with Crippen LogP contribution in [0.15, 0.2) is 23.1 Å². The Bertz CT molecular complexity index is 445. The van der Waals surface area contributed by atoms with E-state index in [2.05, 4.69) is 25.6 Å². The fourth-order valence-corrected chi connectivity index (χ4v) is 3.17. The zero-order chi connectivity index (χ0) is 9.42. The normalized spacial score (nSPS) is 11.0. The van der Waals surface area contributed by atoms with Gasteiger partial charge in [-0.05, 0) is 18.6 Å². The molecule has 0 saturated carbocycles. The van der Waals surface area contributed by atoms with Gasteiger partial charge in [0.2, 0.25) is 0 Å². The van der Waals surface area contributed by atoms with E-state index in [1.54, 1.807) is 11.3 Å². The molecule has 1 aromatic heterocycles. The second-order valence-electron chi connectivity index (χ2n) is 2.87. The monoisotopic (exact) mass is 228 g/mol. The van der Waals surface area contributed by atoms with Gasteiger partial charge < -0.3 is 0 Å². The van der Waals surface area contributed by atoms with Gasteiger partial charge in [0.15, 0.2) is 0 Å². The SMILES string of the molecule is CCc1sc2cc(S)ccc2c1Cl. The molecule has 0 bridgehead atoms. The molecule has 0 aliphatic carbocycles. The highest BCUT2D eigenvalue weighted by Crippen LogP contribution is 2.36. The predicted octanol–water partition coefficient (Wildman–Crippen LogP) is 4.41. The third kappa shape index (κ3) is 1.58. The van der Waals surface area contributed by atoms with Crippen LogP contribution in [0.1, 0.15) is 11.8 Å². The average molecular weight is 229 g/mol. The maximum Gasteiger partial charge on any atom is 0.0623 e. The molecule has 68 valence electrons. The summed E-state index contributed by atoms with van der Waals surface area (Å²) >= 11 is 12.2. The Balaban J connectivity index is 2.76. The lowest BCUT2D eigenvalue weighted by molar-refractivity contribution is 1.19. The van der Waals surface area contributed by atoms with Crippen LogP contribution in [0.5, 0.6) is 0 Å². The van der Waals surface area contributed by atoms with Gasteiger partial charge in [0.25, 0.3) is 0 Å². The molecule has 0 aliphatic rings. The molecule has 2 aromatic rings. The number of hydrogen-bond acceptors (Lipinski definition) is 2. The van der Waals surface area contributed by atoms with Crippen LogP contribution < -0.4 is 0 Å². The van der Waals surface area contributed by atoms with E-state index < -0.39 is 0 Å². The molecule has 0 radical (unpaired) electrons. The molecule has 1 heterocycles. The summed E-state index contributed by atoms with van der Waals surface area (Å²) < 4.78 is 1.23. The first-order valence-electron chi connectivity index (χ1n) is 4.12.